The highest BCUT2D eigenvalue weighted by Gasteiger charge is 2.46. The molecule has 2 aliphatic carbocycles. The molecule has 3 aliphatic rings. The Bertz CT molecular complexity index is 297. The summed E-state index contributed by atoms with van der Waals surface area (Å²) in [5.74, 6) is 1.94. The van der Waals surface area contributed by atoms with Gasteiger partial charge in [-0.2, -0.15) is 0 Å². The molecule has 1 heteroatoms. The molecule has 2 unspecified atom stereocenters. The Morgan fingerprint density at radius 3 is 2.53 bits per heavy atom. The van der Waals surface area contributed by atoms with Crippen molar-refractivity contribution in [1.82, 2.24) is 4.90 Å². The van der Waals surface area contributed by atoms with E-state index in [4.69, 9.17) is 0 Å². The second kappa shape index (κ2) is 4.42. The van der Waals surface area contributed by atoms with Gasteiger partial charge in [-0.25, -0.2) is 0 Å². The summed E-state index contributed by atoms with van der Waals surface area (Å²) in [6.45, 7) is 7.33. The fraction of sp³-hybridized carbons (Fsp3) is 0.875. The highest BCUT2D eigenvalue weighted by molar-refractivity contribution is 5.17. The first-order chi connectivity index (χ1) is 8.21. The molecule has 2 atom stereocenters. The van der Waals surface area contributed by atoms with Crippen LogP contribution in [0.4, 0.5) is 0 Å². The van der Waals surface area contributed by atoms with Gasteiger partial charge in [-0.05, 0) is 69.9 Å². The molecule has 1 heterocycles. The van der Waals surface area contributed by atoms with Crippen LogP contribution in [0.5, 0.6) is 0 Å². The normalized spacial score (nSPS) is 36.6. The number of piperidine rings is 1. The van der Waals surface area contributed by atoms with Gasteiger partial charge in [0.05, 0.1) is 0 Å². The Balaban J connectivity index is 1.70. The summed E-state index contributed by atoms with van der Waals surface area (Å²) in [6.07, 6.45) is 14.0. The molecule has 1 saturated heterocycles. The van der Waals surface area contributed by atoms with E-state index in [-0.39, 0.29) is 0 Å². The zero-order valence-corrected chi connectivity index (χ0v) is 11.5. The number of likely N-dealkylation sites (tertiary alicyclic amines) is 1. The smallest absolute Gasteiger partial charge is 0.00386 e. The molecule has 17 heavy (non-hydrogen) atoms. The third-order valence-corrected chi connectivity index (χ3v) is 5.69. The lowest BCUT2D eigenvalue weighted by atomic mass is 9.64. The standard InChI is InChI=1S/C16H27N/c1-13(2)17-11-9-16(10-12-17)8-7-14-5-3-4-6-15(14)16/h7-8,13-15H,3-6,9-12H2,1-2H3. The number of hydrogen-bond acceptors (Lipinski definition) is 1. The monoisotopic (exact) mass is 233 g/mol. The zero-order chi connectivity index (χ0) is 11.9. The van der Waals surface area contributed by atoms with E-state index < -0.39 is 0 Å². The first-order valence-electron chi connectivity index (χ1n) is 7.65. The fourth-order valence-electron chi connectivity index (χ4n) is 4.54. The maximum Gasteiger partial charge on any atom is 0.00386 e. The molecule has 96 valence electrons. The van der Waals surface area contributed by atoms with Gasteiger partial charge in [0.15, 0.2) is 0 Å². The van der Waals surface area contributed by atoms with E-state index in [2.05, 4.69) is 30.9 Å². The Labute approximate surface area is 106 Å². The predicted molar refractivity (Wildman–Crippen MR) is 73.0 cm³/mol. The molecule has 0 aromatic heterocycles. The summed E-state index contributed by atoms with van der Waals surface area (Å²) in [5.41, 5.74) is 0.608. The Kier molecular flexibility index (Phi) is 3.06. The van der Waals surface area contributed by atoms with Crippen LogP contribution in [0, 0.1) is 17.3 Å². The number of rotatable bonds is 1. The molecule has 0 radical (unpaired) electrons. The summed E-state index contributed by atoms with van der Waals surface area (Å²) in [5, 5.41) is 0. The van der Waals surface area contributed by atoms with Crippen LogP contribution in [0.2, 0.25) is 0 Å². The van der Waals surface area contributed by atoms with E-state index in [9.17, 15) is 0 Å². The summed E-state index contributed by atoms with van der Waals surface area (Å²) in [7, 11) is 0. The molecule has 0 amide bonds. The third kappa shape index (κ3) is 1.97. The lowest BCUT2D eigenvalue weighted by molar-refractivity contribution is 0.0510. The van der Waals surface area contributed by atoms with Crippen molar-refractivity contribution in [2.24, 2.45) is 17.3 Å². The molecular formula is C16H27N. The highest BCUT2D eigenvalue weighted by atomic mass is 15.2. The second-order valence-electron chi connectivity index (χ2n) is 6.78. The summed E-state index contributed by atoms with van der Waals surface area (Å²) >= 11 is 0. The largest absolute Gasteiger partial charge is 0.301 e. The van der Waals surface area contributed by atoms with Gasteiger partial charge < -0.3 is 4.90 Å². The van der Waals surface area contributed by atoms with Gasteiger partial charge in [-0.15, -0.1) is 0 Å². The van der Waals surface area contributed by atoms with Crippen molar-refractivity contribution in [2.75, 3.05) is 13.1 Å². The summed E-state index contributed by atoms with van der Waals surface area (Å²) < 4.78 is 0. The molecule has 1 saturated carbocycles. The SMILES string of the molecule is CC(C)N1CCC2(C=CC3CCCCC32)CC1. The lowest BCUT2D eigenvalue weighted by Gasteiger charge is -2.46. The molecule has 0 N–H and O–H groups in total. The number of fused-ring (bicyclic) bond motifs is 2. The average Bonchev–Trinajstić information content (AvgIpc) is 2.70. The number of nitrogens with zero attached hydrogens (tertiary/aromatic N) is 1. The van der Waals surface area contributed by atoms with Crippen molar-refractivity contribution in [3.8, 4) is 0 Å². The summed E-state index contributed by atoms with van der Waals surface area (Å²) in [4.78, 5) is 2.66. The second-order valence-corrected chi connectivity index (χ2v) is 6.78. The zero-order valence-electron chi connectivity index (χ0n) is 11.5. The van der Waals surface area contributed by atoms with Crippen molar-refractivity contribution >= 4 is 0 Å². The lowest BCUT2D eigenvalue weighted by Crippen LogP contribution is -2.45. The van der Waals surface area contributed by atoms with Crippen molar-refractivity contribution in [2.45, 2.75) is 58.4 Å². The molecule has 0 aromatic carbocycles. The van der Waals surface area contributed by atoms with E-state index in [1.54, 1.807) is 0 Å². The van der Waals surface area contributed by atoms with Crippen molar-refractivity contribution in [3.05, 3.63) is 12.2 Å². The van der Waals surface area contributed by atoms with Crippen molar-refractivity contribution in [3.63, 3.8) is 0 Å². The Morgan fingerprint density at radius 2 is 1.82 bits per heavy atom. The molecule has 2 fully saturated rings. The Morgan fingerprint density at radius 1 is 1.12 bits per heavy atom. The molecular weight excluding hydrogens is 206 g/mol. The Hall–Kier alpha value is -0.300. The third-order valence-electron chi connectivity index (χ3n) is 5.69. The van der Waals surface area contributed by atoms with E-state index in [1.165, 1.54) is 51.6 Å². The van der Waals surface area contributed by atoms with Crippen LogP contribution in [0.1, 0.15) is 52.4 Å². The van der Waals surface area contributed by atoms with Gasteiger partial charge in [-0.1, -0.05) is 25.0 Å². The maximum absolute atomic E-state index is 2.66. The van der Waals surface area contributed by atoms with Crippen LogP contribution >= 0.6 is 0 Å². The molecule has 1 spiro atoms. The first kappa shape index (κ1) is 11.8. The van der Waals surface area contributed by atoms with Crippen LogP contribution < -0.4 is 0 Å². The van der Waals surface area contributed by atoms with Crippen LogP contribution in [-0.2, 0) is 0 Å². The van der Waals surface area contributed by atoms with Gasteiger partial charge in [0, 0.05) is 6.04 Å². The van der Waals surface area contributed by atoms with Gasteiger partial charge in [0.2, 0.25) is 0 Å². The van der Waals surface area contributed by atoms with Gasteiger partial charge >= 0.3 is 0 Å². The topological polar surface area (TPSA) is 3.24 Å². The minimum atomic E-state index is 0.608. The van der Waals surface area contributed by atoms with Crippen molar-refractivity contribution in [1.29, 1.82) is 0 Å². The number of hydrogen-bond donors (Lipinski definition) is 0. The average molecular weight is 233 g/mol. The van der Waals surface area contributed by atoms with Gasteiger partial charge in [0.25, 0.3) is 0 Å². The van der Waals surface area contributed by atoms with Crippen LogP contribution in [-0.4, -0.2) is 24.0 Å². The number of allylic oxidation sites excluding steroid dienone is 2. The maximum atomic E-state index is 2.66. The van der Waals surface area contributed by atoms with E-state index in [0.29, 0.717) is 5.41 Å². The molecule has 0 bridgehead atoms. The van der Waals surface area contributed by atoms with Gasteiger partial charge in [-0.3, -0.25) is 0 Å². The minimum Gasteiger partial charge on any atom is -0.301 e. The summed E-state index contributed by atoms with van der Waals surface area (Å²) in [6, 6.07) is 0.736. The van der Waals surface area contributed by atoms with E-state index in [0.717, 1.165) is 17.9 Å². The molecule has 1 aliphatic heterocycles. The molecule has 3 rings (SSSR count). The van der Waals surface area contributed by atoms with Gasteiger partial charge in [0.1, 0.15) is 0 Å². The highest BCUT2D eigenvalue weighted by Crippen LogP contribution is 2.54. The quantitative estimate of drug-likeness (QED) is 0.622. The molecule has 0 aromatic rings. The minimum absolute atomic E-state index is 0.608. The first-order valence-corrected chi connectivity index (χ1v) is 7.65. The fourth-order valence-corrected chi connectivity index (χ4v) is 4.54. The predicted octanol–water partition coefficient (Wildman–Crippen LogP) is 3.85. The van der Waals surface area contributed by atoms with Crippen molar-refractivity contribution < 1.29 is 0 Å². The van der Waals surface area contributed by atoms with Crippen LogP contribution in [0.25, 0.3) is 0 Å². The van der Waals surface area contributed by atoms with Crippen LogP contribution in [0.3, 0.4) is 0 Å². The van der Waals surface area contributed by atoms with E-state index in [1.807, 2.05) is 0 Å². The van der Waals surface area contributed by atoms with Crippen LogP contribution in [0.15, 0.2) is 12.2 Å². The molecule has 1 nitrogen and oxygen atoms in total. The van der Waals surface area contributed by atoms with E-state index >= 15 is 0 Å².